The topological polar surface area (TPSA) is 66.6 Å². The highest BCUT2D eigenvalue weighted by atomic mass is 32.1. The Kier molecular flexibility index (Phi) is 8.10. The van der Waals surface area contributed by atoms with Crippen LogP contribution in [0.5, 0.6) is 23.0 Å². The van der Waals surface area contributed by atoms with E-state index in [-0.39, 0.29) is 0 Å². The van der Waals surface area contributed by atoms with Gasteiger partial charge in [-0.25, -0.2) is 0 Å². The van der Waals surface area contributed by atoms with Gasteiger partial charge in [-0.15, -0.1) is 23.0 Å². The van der Waals surface area contributed by atoms with Crippen LogP contribution < -0.4 is 23.7 Å². The molecule has 0 aliphatic carbocycles. The molecule has 7 nitrogen and oxygen atoms in total. The fourth-order valence-corrected chi connectivity index (χ4v) is 4.03. The van der Waals surface area contributed by atoms with Gasteiger partial charge in [0.25, 0.3) is 0 Å². The molecule has 0 saturated carbocycles. The second-order valence-corrected chi connectivity index (χ2v) is 7.40. The first-order valence-electron chi connectivity index (χ1n) is 10.0. The van der Waals surface area contributed by atoms with E-state index in [0.717, 1.165) is 27.4 Å². The number of ether oxygens (including phenoxy) is 4. The Balaban J connectivity index is 1.94. The lowest BCUT2D eigenvalue weighted by molar-refractivity contribution is 0.324. The molecule has 1 aromatic heterocycles. The molecular weight excluding hydrogens is 426 g/mol. The van der Waals surface area contributed by atoms with E-state index in [1.54, 1.807) is 27.5 Å². The minimum absolute atomic E-state index is 0.533. The molecule has 0 bridgehead atoms. The summed E-state index contributed by atoms with van der Waals surface area (Å²) in [5.41, 5.74) is 2.89. The third kappa shape index (κ3) is 5.20. The molecule has 32 heavy (non-hydrogen) atoms. The summed E-state index contributed by atoms with van der Waals surface area (Å²) < 4.78 is 23.7. The van der Waals surface area contributed by atoms with Gasteiger partial charge in [-0.05, 0) is 48.9 Å². The molecule has 0 radical (unpaired) electrons. The van der Waals surface area contributed by atoms with Gasteiger partial charge < -0.3 is 23.5 Å². The van der Waals surface area contributed by atoms with Gasteiger partial charge in [-0.3, -0.25) is 0 Å². The number of aromatic nitrogens is 1. The lowest BCUT2D eigenvalue weighted by Gasteiger charge is -2.12. The van der Waals surface area contributed by atoms with Gasteiger partial charge in [-0.2, -0.15) is 5.10 Å². The minimum Gasteiger partial charge on any atom is -0.494 e. The van der Waals surface area contributed by atoms with E-state index in [2.05, 4.69) is 26.7 Å². The van der Waals surface area contributed by atoms with Crippen LogP contribution in [0.15, 0.2) is 64.6 Å². The first kappa shape index (κ1) is 23.1. The van der Waals surface area contributed by atoms with Crippen molar-refractivity contribution in [2.45, 2.75) is 13.5 Å². The molecule has 0 spiro atoms. The van der Waals surface area contributed by atoms with Gasteiger partial charge >= 0.3 is 0 Å². The van der Waals surface area contributed by atoms with Crippen LogP contribution in [-0.4, -0.2) is 38.7 Å². The third-order valence-electron chi connectivity index (χ3n) is 4.61. The zero-order valence-electron chi connectivity index (χ0n) is 18.7. The van der Waals surface area contributed by atoms with E-state index in [9.17, 15) is 0 Å². The van der Waals surface area contributed by atoms with Crippen LogP contribution in [0.3, 0.4) is 0 Å². The molecule has 0 amide bonds. The molecule has 0 fully saturated rings. The smallest absolute Gasteiger partial charge is 0.211 e. The number of benzene rings is 2. The van der Waals surface area contributed by atoms with Crippen molar-refractivity contribution in [2.24, 2.45) is 10.2 Å². The van der Waals surface area contributed by atoms with Gasteiger partial charge in [0.2, 0.25) is 10.6 Å². The van der Waals surface area contributed by atoms with E-state index < -0.39 is 0 Å². The van der Waals surface area contributed by atoms with Crippen LogP contribution in [-0.2, 0) is 6.54 Å². The molecule has 2 aromatic carbocycles. The Morgan fingerprint density at radius 1 is 1.03 bits per heavy atom. The number of thiazole rings is 1. The second-order valence-electron chi connectivity index (χ2n) is 6.56. The summed E-state index contributed by atoms with van der Waals surface area (Å²) in [4.78, 5) is 0.762. The van der Waals surface area contributed by atoms with Gasteiger partial charge in [0.1, 0.15) is 5.75 Å². The summed E-state index contributed by atoms with van der Waals surface area (Å²) in [5, 5.41) is 10.8. The summed E-state index contributed by atoms with van der Waals surface area (Å²) in [7, 11) is 4.73. The first-order valence-corrected chi connectivity index (χ1v) is 10.9. The normalized spacial score (nSPS) is 11.6. The molecule has 0 unspecified atom stereocenters. The number of methoxy groups -OCH3 is 3. The average molecular weight is 454 g/mol. The fourth-order valence-electron chi connectivity index (χ4n) is 3.16. The number of hydrogen-bond donors (Lipinski definition) is 0. The number of rotatable bonds is 10. The van der Waals surface area contributed by atoms with Crippen molar-refractivity contribution in [1.82, 2.24) is 4.57 Å². The van der Waals surface area contributed by atoms with Gasteiger partial charge in [0, 0.05) is 17.5 Å². The Bertz CT molecular complexity index is 1120. The molecule has 0 N–H and O–H groups in total. The zero-order chi connectivity index (χ0) is 22.9. The van der Waals surface area contributed by atoms with Gasteiger partial charge in [0.15, 0.2) is 11.5 Å². The molecule has 0 saturated heterocycles. The highest BCUT2D eigenvalue weighted by Gasteiger charge is 2.12. The van der Waals surface area contributed by atoms with Crippen LogP contribution in [0.2, 0.25) is 0 Å². The van der Waals surface area contributed by atoms with E-state index in [1.807, 2.05) is 49.4 Å². The van der Waals surface area contributed by atoms with Crippen molar-refractivity contribution in [2.75, 3.05) is 27.9 Å². The van der Waals surface area contributed by atoms with Crippen LogP contribution in [0.25, 0.3) is 11.3 Å². The number of allylic oxidation sites excluding steroid dienone is 1. The molecule has 0 aliphatic heterocycles. The minimum atomic E-state index is 0.533. The molecule has 8 heteroatoms. The van der Waals surface area contributed by atoms with E-state index >= 15 is 0 Å². The molecule has 3 aromatic rings. The molecule has 1 heterocycles. The van der Waals surface area contributed by atoms with E-state index in [4.69, 9.17) is 18.9 Å². The van der Waals surface area contributed by atoms with Crippen LogP contribution in [0, 0.1) is 0 Å². The van der Waals surface area contributed by atoms with Crippen molar-refractivity contribution >= 4 is 17.6 Å². The summed E-state index contributed by atoms with van der Waals surface area (Å²) in [5.74, 6) is 2.50. The Morgan fingerprint density at radius 2 is 1.72 bits per heavy atom. The van der Waals surface area contributed by atoms with E-state index in [0.29, 0.717) is 30.4 Å². The lowest BCUT2D eigenvalue weighted by atomic mass is 10.1. The monoisotopic (exact) mass is 453 g/mol. The summed E-state index contributed by atoms with van der Waals surface area (Å²) in [6.07, 6.45) is 3.49. The largest absolute Gasteiger partial charge is 0.494 e. The molecule has 0 aliphatic rings. The van der Waals surface area contributed by atoms with Gasteiger partial charge in [0.05, 0.1) is 39.8 Å². The summed E-state index contributed by atoms with van der Waals surface area (Å²) >= 11 is 1.52. The second kappa shape index (κ2) is 11.2. The maximum atomic E-state index is 5.54. The van der Waals surface area contributed by atoms with E-state index in [1.165, 1.54) is 11.3 Å². The number of hydrogen-bond acceptors (Lipinski definition) is 7. The fraction of sp³-hybridized carbons (Fsp3) is 0.250. The van der Waals surface area contributed by atoms with Crippen LogP contribution in [0.1, 0.15) is 12.5 Å². The highest BCUT2D eigenvalue weighted by molar-refractivity contribution is 7.07. The average Bonchev–Trinajstić information content (AvgIpc) is 3.21. The zero-order valence-corrected chi connectivity index (χ0v) is 19.5. The predicted molar refractivity (Wildman–Crippen MR) is 128 cm³/mol. The molecular formula is C24H27N3O4S. The van der Waals surface area contributed by atoms with Gasteiger partial charge in [-0.1, -0.05) is 6.08 Å². The van der Waals surface area contributed by atoms with Crippen molar-refractivity contribution in [3.8, 4) is 34.3 Å². The van der Waals surface area contributed by atoms with Crippen molar-refractivity contribution in [1.29, 1.82) is 0 Å². The molecule has 168 valence electrons. The summed E-state index contributed by atoms with van der Waals surface area (Å²) in [6, 6.07) is 11.6. The quantitative estimate of drug-likeness (QED) is 0.252. The van der Waals surface area contributed by atoms with Crippen molar-refractivity contribution in [3.63, 3.8) is 0 Å². The lowest BCUT2D eigenvalue weighted by Crippen LogP contribution is -2.14. The third-order valence-corrected chi connectivity index (χ3v) is 5.46. The SMILES string of the molecule is C=CCn1c(-c2ccc(OCC)cc2)csc1=NN=Cc1cc(OC)c(OC)c(OC)c1. The maximum Gasteiger partial charge on any atom is 0.211 e. The highest BCUT2D eigenvalue weighted by Crippen LogP contribution is 2.37. The predicted octanol–water partition coefficient (Wildman–Crippen LogP) is 4.76. The van der Waals surface area contributed by atoms with Crippen molar-refractivity contribution < 1.29 is 18.9 Å². The number of nitrogens with zero attached hydrogens (tertiary/aromatic N) is 3. The summed E-state index contributed by atoms with van der Waals surface area (Å²) in [6.45, 7) is 7.10. The maximum absolute atomic E-state index is 5.54. The Morgan fingerprint density at radius 3 is 2.28 bits per heavy atom. The standard InChI is InChI=1S/C24H27N3O4S/c1-6-12-27-20(18-8-10-19(11-9-18)31-7-2)16-32-24(27)26-25-15-17-13-21(28-3)23(30-5)22(14-17)29-4/h6,8-11,13-16H,1,7,12H2,2-5H3. The van der Waals surface area contributed by atoms with Crippen LogP contribution >= 0.6 is 11.3 Å². The molecule has 0 atom stereocenters. The molecule has 3 rings (SSSR count). The first-order chi connectivity index (χ1) is 15.6. The Labute approximate surface area is 191 Å². The van der Waals surface area contributed by atoms with Crippen LogP contribution in [0.4, 0.5) is 0 Å². The van der Waals surface area contributed by atoms with Crippen molar-refractivity contribution in [3.05, 3.63) is 64.8 Å². The Hall–Kier alpha value is -3.52.